The first-order chi connectivity index (χ1) is 13.6. The van der Waals surface area contributed by atoms with E-state index in [0.29, 0.717) is 6.42 Å². The van der Waals surface area contributed by atoms with Gasteiger partial charge >= 0.3 is 5.97 Å². The van der Waals surface area contributed by atoms with Gasteiger partial charge in [0.25, 0.3) is 0 Å². The molecule has 0 bridgehead atoms. The maximum Gasteiger partial charge on any atom is 0.307 e. The highest BCUT2D eigenvalue weighted by molar-refractivity contribution is 7.10. The van der Waals surface area contributed by atoms with Gasteiger partial charge in [-0.1, -0.05) is 117 Å². The zero-order chi connectivity index (χ0) is 20.9. The molecule has 0 fully saturated rings. The number of carbonyl (C=O) groups excluding carboxylic acids is 1. The van der Waals surface area contributed by atoms with Crippen LogP contribution in [0.3, 0.4) is 0 Å². The highest BCUT2D eigenvalue weighted by Crippen LogP contribution is 2.26. The fourth-order valence-electron chi connectivity index (χ4n) is 4.01. The lowest BCUT2D eigenvalue weighted by Crippen LogP contribution is -2.40. The van der Waals surface area contributed by atoms with E-state index < -0.39 is 0 Å². The van der Waals surface area contributed by atoms with Crippen LogP contribution in [0.1, 0.15) is 142 Å². The van der Waals surface area contributed by atoms with Crippen LogP contribution in [-0.4, -0.2) is 11.5 Å². The van der Waals surface area contributed by atoms with Gasteiger partial charge in [-0.05, 0) is 19.3 Å². The van der Waals surface area contributed by atoms with Crippen LogP contribution < -0.4 is 5.73 Å². The third-order valence-electron chi connectivity index (χ3n) is 6.01. The Morgan fingerprint density at radius 2 is 1.04 bits per heavy atom. The molecule has 2 atom stereocenters. The van der Waals surface area contributed by atoms with E-state index in [0.717, 1.165) is 19.3 Å². The van der Waals surface area contributed by atoms with Gasteiger partial charge in [-0.25, -0.2) is 0 Å². The zero-order valence-corrected chi connectivity index (χ0v) is 20.3. The Balaban J connectivity index is 3.83. The van der Waals surface area contributed by atoms with Crippen molar-refractivity contribution in [3.05, 3.63) is 0 Å². The van der Waals surface area contributed by atoms with E-state index in [1.807, 2.05) is 9.47 Å². The van der Waals surface area contributed by atoms with Gasteiger partial charge in [-0.15, -0.1) is 0 Å². The quantitative estimate of drug-likeness (QED) is 0.153. The third kappa shape index (κ3) is 17.9. The predicted octanol–water partition coefficient (Wildman–Crippen LogP) is 7.86. The summed E-state index contributed by atoms with van der Waals surface area (Å²) in [4.78, 5) is 11.5. The summed E-state index contributed by atoms with van der Waals surface area (Å²) in [6, 6.07) is 0. The molecule has 0 saturated carbocycles. The van der Waals surface area contributed by atoms with Crippen molar-refractivity contribution in [1.82, 2.24) is 0 Å². The molecule has 4 heteroatoms. The normalized spacial score (nSPS) is 13.4. The van der Waals surface area contributed by atoms with Crippen LogP contribution in [0.4, 0.5) is 0 Å². The summed E-state index contributed by atoms with van der Waals surface area (Å²) in [6.07, 6.45) is 24.6. The molecule has 0 heterocycles. The minimum Gasteiger partial charge on any atom is -0.452 e. The van der Waals surface area contributed by atoms with E-state index in [1.54, 1.807) is 0 Å². The van der Waals surface area contributed by atoms with Crippen LogP contribution in [-0.2, 0) is 9.32 Å². The summed E-state index contributed by atoms with van der Waals surface area (Å²) in [5.74, 6) is -0.164. The number of unbranched alkanes of at least 4 members (excludes halogenated alkanes) is 14. The van der Waals surface area contributed by atoms with Gasteiger partial charge in [-0.2, -0.15) is 0 Å². The molecular formula is C24H50NO2P. The standard InChI is InChI=1S/C24H50NO2P/c1-3-5-7-9-10-11-12-13-14-15-16-18-21-24(25,20-17-8-6-4-2)22-19-23(26)27-28/h3-22,25,28H2,1-2H3. The Morgan fingerprint density at radius 1 is 0.679 bits per heavy atom. The average molecular weight is 416 g/mol. The molecule has 2 unspecified atom stereocenters. The van der Waals surface area contributed by atoms with Crippen molar-refractivity contribution >= 4 is 15.4 Å². The molecule has 0 aromatic heterocycles. The summed E-state index contributed by atoms with van der Waals surface area (Å²) < 4.78 is 4.73. The molecule has 0 spiro atoms. The van der Waals surface area contributed by atoms with Gasteiger partial charge in [0.05, 0.1) is 9.47 Å². The summed E-state index contributed by atoms with van der Waals surface area (Å²) in [5, 5.41) is 0. The lowest BCUT2D eigenvalue weighted by molar-refractivity contribution is -0.133. The molecule has 0 amide bonds. The molecule has 0 saturated heterocycles. The van der Waals surface area contributed by atoms with E-state index in [9.17, 15) is 4.79 Å². The fourth-order valence-corrected chi connectivity index (χ4v) is 4.12. The van der Waals surface area contributed by atoms with Crippen LogP contribution in [0.5, 0.6) is 0 Å². The highest BCUT2D eigenvalue weighted by Gasteiger charge is 2.25. The minimum absolute atomic E-state index is 0.164. The zero-order valence-electron chi connectivity index (χ0n) is 19.1. The SMILES string of the molecule is CCCCCCCCCCCCCCC(N)(CCCCCC)CCC(=O)OP. The maximum atomic E-state index is 11.5. The summed E-state index contributed by atoms with van der Waals surface area (Å²) in [5.41, 5.74) is 6.51. The number of carbonyl (C=O) groups is 1. The van der Waals surface area contributed by atoms with E-state index in [-0.39, 0.29) is 11.5 Å². The first-order valence-corrected chi connectivity index (χ1v) is 12.7. The predicted molar refractivity (Wildman–Crippen MR) is 126 cm³/mol. The van der Waals surface area contributed by atoms with E-state index >= 15 is 0 Å². The van der Waals surface area contributed by atoms with E-state index in [1.165, 1.54) is 103 Å². The van der Waals surface area contributed by atoms with Crippen LogP contribution in [0.2, 0.25) is 0 Å². The first-order valence-electron chi connectivity index (χ1n) is 12.3. The maximum absolute atomic E-state index is 11.5. The van der Waals surface area contributed by atoms with Crippen LogP contribution in [0.25, 0.3) is 0 Å². The fraction of sp³-hybridized carbons (Fsp3) is 0.958. The number of nitrogens with two attached hydrogens (primary N) is 1. The summed E-state index contributed by atoms with van der Waals surface area (Å²) in [6.45, 7) is 4.51. The Kier molecular flexibility index (Phi) is 20.0. The number of hydrogen-bond acceptors (Lipinski definition) is 3. The van der Waals surface area contributed by atoms with Crippen LogP contribution in [0.15, 0.2) is 0 Å². The monoisotopic (exact) mass is 415 g/mol. The van der Waals surface area contributed by atoms with Gasteiger partial charge < -0.3 is 10.3 Å². The lowest BCUT2D eigenvalue weighted by Gasteiger charge is -2.29. The summed E-state index contributed by atoms with van der Waals surface area (Å²) in [7, 11) is 2.05. The average Bonchev–Trinajstić information content (AvgIpc) is 2.70. The Hall–Kier alpha value is -0.140. The van der Waals surface area contributed by atoms with E-state index in [2.05, 4.69) is 13.8 Å². The largest absolute Gasteiger partial charge is 0.452 e. The van der Waals surface area contributed by atoms with Crippen molar-refractivity contribution in [3.63, 3.8) is 0 Å². The third-order valence-corrected chi connectivity index (χ3v) is 6.28. The van der Waals surface area contributed by atoms with Crippen molar-refractivity contribution < 1.29 is 9.32 Å². The smallest absolute Gasteiger partial charge is 0.307 e. The Labute approximate surface area is 178 Å². The second-order valence-corrected chi connectivity index (χ2v) is 9.04. The highest BCUT2D eigenvalue weighted by atomic mass is 31.0. The van der Waals surface area contributed by atoms with Crippen LogP contribution >= 0.6 is 9.47 Å². The van der Waals surface area contributed by atoms with Crippen LogP contribution in [0, 0.1) is 0 Å². The van der Waals surface area contributed by atoms with Gasteiger partial charge in [0.15, 0.2) is 0 Å². The molecule has 0 rings (SSSR count). The number of hydrogen-bond donors (Lipinski definition) is 1. The second-order valence-electron chi connectivity index (χ2n) is 8.80. The summed E-state index contributed by atoms with van der Waals surface area (Å²) >= 11 is 0. The Morgan fingerprint density at radius 3 is 1.43 bits per heavy atom. The molecule has 28 heavy (non-hydrogen) atoms. The van der Waals surface area contributed by atoms with Crippen molar-refractivity contribution in [1.29, 1.82) is 0 Å². The molecule has 0 aromatic rings. The van der Waals surface area contributed by atoms with Crippen molar-refractivity contribution in [2.24, 2.45) is 5.73 Å². The molecule has 0 aromatic carbocycles. The van der Waals surface area contributed by atoms with Gasteiger partial charge in [-0.3, -0.25) is 4.79 Å². The molecule has 0 aliphatic rings. The van der Waals surface area contributed by atoms with Gasteiger partial charge in [0.1, 0.15) is 0 Å². The molecule has 0 aliphatic heterocycles. The molecule has 0 radical (unpaired) electrons. The topological polar surface area (TPSA) is 52.3 Å². The molecule has 168 valence electrons. The molecule has 0 aliphatic carbocycles. The van der Waals surface area contributed by atoms with Gasteiger partial charge in [0.2, 0.25) is 0 Å². The molecule has 2 N–H and O–H groups in total. The minimum atomic E-state index is -0.189. The first kappa shape index (κ1) is 27.9. The van der Waals surface area contributed by atoms with Gasteiger partial charge in [0, 0.05) is 12.0 Å². The molecule has 3 nitrogen and oxygen atoms in total. The second kappa shape index (κ2) is 20.1. The Bertz CT molecular complexity index is 351. The van der Waals surface area contributed by atoms with Crippen molar-refractivity contribution in [2.45, 2.75) is 148 Å². The number of rotatable bonds is 21. The van der Waals surface area contributed by atoms with E-state index in [4.69, 9.17) is 10.3 Å². The van der Waals surface area contributed by atoms with Crippen molar-refractivity contribution in [3.8, 4) is 0 Å². The lowest BCUT2D eigenvalue weighted by atomic mass is 9.83. The van der Waals surface area contributed by atoms with Crippen molar-refractivity contribution in [2.75, 3.05) is 0 Å². The molecular weight excluding hydrogens is 365 g/mol.